The van der Waals surface area contributed by atoms with Crippen LogP contribution in [0.15, 0.2) is 42.6 Å². The van der Waals surface area contributed by atoms with Crippen LogP contribution in [0.25, 0.3) is 0 Å². The van der Waals surface area contributed by atoms with Gasteiger partial charge >= 0.3 is 0 Å². The van der Waals surface area contributed by atoms with Gasteiger partial charge in [-0.05, 0) is 37.1 Å². The van der Waals surface area contributed by atoms with Gasteiger partial charge in [0, 0.05) is 19.3 Å². The number of benzene rings is 1. The SMILES string of the molecule is Cc1ccccc1[C@@H](C)NC(=O)c1cccnc1N1CCOCC1. The third-order valence-corrected chi connectivity index (χ3v) is 4.34. The van der Waals surface area contributed by atoms with Gasteiger partial charge in [-0.15, -0.1) is 0 Å². The van der Waals surface area contributed by atoms with Gasteiger partial charge in [0.25, 0.3) is 5.91 Å². The Labute approximate surface area is 142 Å². The molecule has 0 spiro atoms. The maximum absolute atomic E-state index is 12.8. The molecule has 1 atom stereocenters. The fourth-order valence-corrected chi connectivity index (χ4v) is 3.03. The number of aromatic nitrogens is 1. The minimum atomic E-state index is -0.0969. The van der Waals surface area contributed by atoms with Crippen LogP contribution in [0, 0.1) is 6.92 Å². The maximum Gasteiger partial charge on any atom is 0.255 e. The number of carbonyl (C=O) groups is 1. The number of ether oxygens (including phenoxy) is 1. The van der Waals surface area contributed by atoms with Crippen molar-refractivity contribution >= 4 is 11.7 Å². The highest BCUT2D eigenvalue weighted by molar-refractivity contribution is 5.99. The van der Waals surface area contributed by atoms with E-state index in [0.29, 0.717) is 18.8 Å². The number of morpholine rings is 1. The Kier molecular flexibility index (Phi) is 5.11. The van der Waals surface area contributed by atoms with Gasteiger partial charge in [-0.25, -0.2) is 4.98 Å². The fourth-order valence-electron chi connectivity index (χ4n) is 3.03. The largest absolute Gasteiger partial charge is 0.378 e. The number of nitrogens with zero attached hydrogens (tertiary/aromatic N) is 2. The predicted octanol–water partition coefficient (Wildman–Crippen LogP) is 2.72. The minimum absolute atomic E-state index is 0.0588. The van der Waals surface area contributed by atoms with Crippen molar-refractivity contribution in [3.63, 3.8) is 0 Å². The van der Waals surface area contributed by atoms with Crippen molar-refractivity contribution < 1.29 is 9.53 Å². The standard InChI is InChI=1S/C19H23N3O2/c1-14-6-3-4-7-16(14)15(2)21-19(23)17-8-5-9-20-18(17)22-10-12-24-13-11-22/h3-9,15H,10-13H2,1-2H3,(H,21,23)/t15-/m1/s1. The fraction of sp³-hybridized carbons (Fsp3) is 0.368. The second-order valence-electron chi connectivity index (χ2n) is 6.03. The van der Waals surface area contributed by atoms with E-state index in [9.17, 15) is 4.79 Å². The molecule has 24 heavy (non-hydrogen) atoms. The van der Waals surface area contributed by atoms with Gasteiger partial charge in [-0.3, -0.25) is 4.79 Å². The van der Waals surface area contributed by atoms with E-state index < -0.39 is 0 Å². The van der Waals surface area contributed by atoms with Crippen LogP contribution in [0.3, 0.4) is 0 Å². The zero-order chi connectivity index (χ0) is 16.9. The summed E-state index contributed by atoms with van der Waals surface area (Å²) in [7, 11) is 0. The van der Waals surface area contributed by atoms with Crippen molar-refractivity contribution in [1.82, 2.24) is 10.3 Å². The first-order valence-electron chi connectivity index (χ1n) is 8.31. The molecule has 0 bridgehead atoms. The lowest BCUT2D eigenvalue weighted by atomic mass is 10.0. The molecule has 0 unspecified atom stereocenters. The Hall–Kier alpha value is -2.40. The zero-order valence-corrected chi connectivity index (χ0v) is 14.2. The molecule has 0 aliphatic carbocycles. The van der Waals surface area contributed by atoms with Gasteiger partial charge in [0.2, 0.25) is 0 Å². The number of nitrogens with one attached hydrogen (secondary N) is 1. The number of aryl methyl sites for hydroxylation is 1. The molecule has 1 saturated heterocycles. The molecular formula is C19H23N3O2. The number of pyridine rings is 1. The van der Waals surface area contributed by atoms with Crippen molar-refractivity contribution in [2.24, 2.45) is 0 Å². The summed E-state index contributed by atoms with van der Waals surface area (Å²) in [5, 5.41) is 3.10. The van der Waals surface area contributed by atoms with Gasteiger partial charge < -0.3 is 15.0 Å². The first-order chi connectivity index (χ1) is 11.7. The van der Waals surface area contributed by atoms with E-state index in [1.54, 1.807) is 12.3 Å². The maximum atomic E-state index is 12.8. The lowest BCUT2D eigenvalue weighted by Gasteiger charge is -2.29. The summed E-state index contributed by atoms with van der Waals surface area (Å²) in [5.41, 5.74) is 2.91. The van der Waals surface area contributed by atoms with E-state index in [4.69, 9.17) is 4.74 Å². The van der Waals surface area contributed by atoms with E-state index in [-0.39, 0.29) is 11.9 Å². The number of amides is 1. The van der Waals surface area contributed by atoms with Gasteiger partial charge in [0.15, 0.2) is 0 Å². The van der Waals surface area contributed by atoms with E-state index in [2.05, 4.69) is 28.2 Å². The normalized spacial score (nSPS) is 15.8. The summed E-state index contributed by atoms with van der Waals surface area (Å²) in [5.74, 6) is 0.635. The van der Waals surface area contributed by atoms with Crippen LogP contribution in [0.5, 0.6) is 0 Å². The van der Waals surface area contributed by atoms with Gasteiger partial charge in [-0.2, -0.15) is 0 Å². The average Bonchev–Trinajstić information content (AvgIpc) is 2.62. The topological polar surface area (TPSA) is 54.5 Å². The summed E-state index contributed by atoms with van der Waals surface area (Å²) in [6.07, 6.45) is 1.73. The molecule has 1 fully saturated rings. The lowest BCUT2D eigenvalue weighted by Crippen LogP contribution is -2.38. The molecule has 1 amide bonds. The van der Waals surface area contributed by atoms with Crippen LogP contribution in [-0.2, 0) is 4.74 Å². The van der Waals surface area contributed by atoms with Crippen LogP contribution in [0.4, 0.5) is 5.82 Å². The Balaban J connectivity index is 1.79. The third-order valence-electron chi connectivity index (χ3n) is 4.34. The molecule has 126 valence electrons. The summed E-state index contributed by atoms with van der Waals surface area (Å²) in [4.78, 5) is 19.3. The molecule has 1 aromatic carbocycles. The van der Waals surface area contributed by atoms with E-state index >= 15 is 0 Å². The summed E-state index contributed by atoms with van der Waals surface area (Å²) in [6, 6.07) is 11.7. The minimum Gasteiger partial charge on any atom is -0.378 e. The number of carbonyl (C=O) groups excluding carboxylic acids is 1. The molecular weight excluding hydrogens is 302 g/mol. The molecule has 5 heteroatoms. The molecule has 2 heterocycles. The highest BCUT2D eigenvalue weighted by atomic mass is 16.5. The van der Waals surface area contributed by atoms with Crippen LogP contribution >= 0.6 is 0 Å². The summed E-state index contributed by atoms with van der Waals surface area (Å²) < 4.78 is 5.39. The molecule has 2 aromatic rings. The summed E-state index contributed by atoms with van der Waals surface area (Å²) >= 11 is 0. The van der Waals surface area contributed by atoms with Crippen molar-refractivity contribution in [3.05, 3.63) is 59.3 Å². The Morgan fingerprint density at radius 1 is 1.21 bits per heavy atom. The number of rotatable bonds is 4. The monoisotopic (exact) mass is 325 g/mol. The van der Waals surface area contributed by atoms with Crippen molar-refractivity contribution in [2.75, 3.05) is 31.2 Å². The van der Waals surface area contributed by atoms with E-state index in [1.807, 2.05) is 31.2 Å². The molecule has 1 N–H and O–H groups in total. The Morgan fingerprint density at radius 3 is 2.71 bits per heavy atom. The smallest absolute Gasteiger partial charge is 0.255 e. The molecule has 0 radical (unpaired) electrons. The zero-order valence-electron chi connectivity index (χ0n) is 14.2. The van der Waals surface area contributed by atoms with Crippen LogP contribution < -0.4 is 10.2 Å². The average molecular weight is 325 g/mol. The Bertz CT molecular complexity index is 711. The van der Waals surface area contributed by atoms with Gasteiger partial charge in [-0.1, -0.05) is 24.3 Å². The number of hydrogen-bond acceptors (Lipinski definition) is 4. The van der Waals surface area contributed by atoms with Gasteiger partial charge in [0.05, 0.1) is 24.8 Å². The van der Waals surface area contributed by atoms with Crippen LogP contribution in [0.2, 0.25) is 0 Å². The quantitative estimate of drug-likeness (QED) is 0.939. The Morgan fingerprint density at radius 2 is 1.96 bits per heavy atom. The van der Waals surface area contributed by atoms with Crippen molar-refractivity contribution in [3.8, 4) is 0 Å². The first kappa shape index (κ1) is 16.5. The van der Waals surface area contributed by atoms with Crippen LogP contribution in [0.1, 0.15) is 34.5 Å². The molecule has 0 saturated carbocycles. The van der Waals surface area contributed by atoms with Crippen molar-refractivity contribution in [1.29, 1.82) is 0 Å². The summed E-state index contributed by atoms with van der Waals surface area (Å²) in [6.45, 7) is 6.90. The highest BCUT2D eigenvalue weighted by Gasteiger charge is 2.21. The van der Waals surface area contributed by atoms with Gasteiger partial charge in [0.1, 0.15) is 5.82 Å². The second kappa shape index (κ2) is 7.45. The number of anilines is 1. The van der Waals surface area contributed by atoms with Crippen LogP contribution in [-0.4, -0.2) is 37.2 Å². The number of hydrogen-bond donors (Lipinski definition) is 1. The highest BCUT2D eigenvalue weighted by Crippen LogP contribution is 2.21. The van der Waals surface area contributed by atoms with E-state index in [0.717, 1.165) is 24.5 Å². The lowest BCUT2D eigenvalue weighted by molar-refractivity contribution is 0.0938. The molecule has 1 aliphatic rings. The molecule has 1 aliphatic heterocycles. The molecule has 3 rings (SSSR count). The second-order valence-corrected chi connectivity index (χ2v) is 6.03. The van der Waals surface area contributed by atoms with Crippen molar-refractivity contribution in [2.45, 2.75) is 19.9 Å². The van der Waals surface area contributed by atoms with E-state index in [1.165, 1.54) is 5.56 Å². The third kappa shape index (κ3) is 3.57. The predicted molar refractivity (Wildman–Crippen MR) is 94.3 cm³/mol. The first-order valence-corrected chi connectivity index (χ1v) is 8.31. The molecule has 1 aromatic heterocycles. The molecule has 5 nitrogen and oxygen atoms in total.